The summed E-state index contributed by atoms with van der Waals surface area (Å²) in [6.07, 6.45) is 0.619. The van der Waals surface area contributed by atoms with E-state index in [1.165, 1.54) is 0 Å². The molecule has 0 saturated heterocycles. The Labute approximate surface area is 206 Å². The number of aromatic hydroxyl groups is 1. The predicted molar refractivity (Wildman–Crippen MR) is 135 cm³/mol. The number of aryl methyl sites for hydroxylation is 1. The van der Waals surface area contributed by atoms with Crippen LogP contribution in [0.4, 0.5) is 5.69 Å². The van der Waals surface area contributed by atoms with Gasteiger partial charge in [-0.25, -0.2) is 0 Å². The minimum Gasteiger partial charge on any atom is -0.493 e. The lowest BCUT2D eigenvalue weighted by molar-refractivity contribution is -0.115. The fraction of sp³-hybridized carbons (Fsp3) is 0.120. The number of nitrogens with zero attached hydrogens (tertiary/aromatic N) is 2. The molecule has 8 heteroatoms. The Hall–Kier alpha value is -3.06. The third-order valence-electron chi connectivity index (χ3n) is 5.23. The number of imidazole rings is 1. The van der Waals surface area contributed by atoms with Crippen LogP contribution in [0, 0.1) is 4.77 Å². The summed E-state index contributed by atoms with van der Waals surface area (Å²) in [6.45, 7) is 0.497. The summed E-state index contributed by atoms with van der Waals surface area (Å²) in [5.41, 5.74) is 2.87. The Kier molecular flexibility index (Phi) is 7.18. The molecule has 0 saturated carbocycles. The summed E-state index contributed by atoms with van der Waals surface area (Å²) in [7, 11) is 0. The maximum absolute atomic E-state index is 12.8. The molecule has 2 N–H and O–H groups in total. The molecule has 3 aromatic carbocycles. The third-order valence-corrected chi connectivity index (χ3v) is 6.13. The zero-order valence-corrected chi connectivity index (χ0v) is 19.9. The number of carbonyl (C=O) groups excluding carboxylic acids is 1. The largest absolute Gasteiger partial charge is 0.493 e. The van der Waals surface area contributed by atoms with Crippen LogP contribution in [-0.4, -0.2) is 20.1 Å². The average Bonchev–Trinajstić information content (AvgIpc) is 3.04. The molecule has 0 aliphatic rings. The Morgan fingerprint density at radius 1 is 0.909 bits per heavy atom. The van der Waals surface area contributed by atoms with Gasteiger partial charge in [0, 0.05) is 22.3 Å². The van der Waals surface area contributed by atoms with Gasteiger partial charge in [-0.3, -0.25) is 9.36 Å². The Balaban J connectivity index is 1.65. The SMILES string of the molecule is O=C(Cc1c(O)n(-c2ccccc2)c(=S)n1CCc1ccc(Cl)cc1)Nc1ccc(Cl)cc1. The molecular formula is C25H21Cl2N3O2S. The van der Waals surface area contributed by atoms with E-state index in [0.29, 0.717) is 39.2 Å². The van der Waals surface area contributed by atoms with Gasteiger partial charge in [0.15, 0.2) is 4.77 Å². The number of benzene rings is 3. The minimum atomic E-state index is -0.270. The maximum atomic E-state index is 12.8. The van der Waals surface area contributed by atoms with Crippen LogP contribution >= 0.6 is 35.4 Å². The van der Waals surface area contributed by atoms with Crippen molar-refractivity contribution < 1.29 is 9.90 Å². The molecule has 1 amide bonds. The van der Waals surface area contributed by atoms with Crippen molar-refractivity contribution >= 4 is 47.0 Å². The average molecular weight is 498 g/mol. The molecule has 33 heavy (non-hydrogen) atoms. The highest BCUT2D eigenvalue weighted by Gasteiger charge is 2.21. The number of amides is 1. The van der Waals surface area contributed by atoms with E-state index in [2.05, 4.69) is 5.32 Å². The molecule has 1 heterocycles. The first kappa shape index (κ1) is 23.1. The molecule has 4 rings (SSSR count). The molecule has 0 spiro atoms. The number of hydrogen-bond donors (Lipinski definition) is 2. The van der Waals surface area contributed by atoms with E-state index < -0.39 is 0 Å². The Bertz CT molecular complexity index is 1320. The number of anilines is 1. The molecule has 1 aromatic heterocycles. The van der Waals surface area contributed by atoms with Gasteiger partial charge in [-0.05, 0) is 72.7 Å². The summed E-state index contributed by atoms with van der Waals surface area (Å²) in [4.78, 5) is 12.8. The summed E-state index contributed by atoms with van der Waals surface area (Å²) in [5, 5.41) is 15.2. The van der Waals surface area contributed by atoms with Gasteiger partial charge in [0.1, 0.15) is 0 Å². The van der Waals surface area contributed by atoms with E-state index >= 15 is 0 Å². The van der Waals surface area contributed by atoms with Crippen molar-refractivity contribution in [2.45, 2.75) is 19.4 Å². The van der Waals surface area contributed by atoms with E-state index in [-0.39, 0.29) is 18.2 Å². The van der Waals surface area contributed by atoms with Gasteiger partial charge >= 0.3 is 0 Å². The number of aromatic nitrogens is 2. The highest BCUT2D eigenvalue weighted by Crippen LogP contribution is 2.27. The first-order valence-corrected chi connectivity index (χ1v) is 11.5. The molecule has 168 valence electrons. The standard InChI is InChI=1S/C25H21Cl2N3O2S/c26-18-8-6-17(7-9-18)14-15-29-22(16-23(31)28-20-12-10-19(27)11-13-20)24(32)30(25(29)33)21-4-2-1-3-5-21/h1-13,32H,14-16H2,(H,28,31). The molecule has 4 aromatic rings. The van der Waals surface area contributed by atoms with Crippen LogP contribution in [0.2, 0.25) is 10.0 Å². The summed E-state index contributed by atoms with van der Waals surface area (Å²) < 4.78 is 3.82. The van der Waals surface area contributed by atoms with Crippen LogP contribution in [0.1, 0.15) is 11.3 Å². The Morgan fingerprint density at radius 2 is 1.52 bits per heavy atom. The molecule has 0 fully saturated rings. The van der Waals surface area contributed by atoms with Gasteiger partial charge in [0.05, 0.1) is 17.8 Å². The van der Waals surface area contributed by atoms with Crippen molar-refractivity contribution in [2.75, 3.05) is 5.32 Å². The monoisotopic (exact) mass is 497 g/mol. The maximum Gasteiger partial charge on any atom is 0.230 e. The van der Waals surface area contributed by atoms with Gasteiger partial charge in [-0.15, -0.1) is 0 Å². The van der Waals surface area contributed by atoms with E-state index in [9.17, 15) is 9.90 Å². The molecule has 0 atom stereocenters. The molecule has 0 unspecified atom stereocenters. The number of rotatable bonds is 7. The molecular weight excluding hydrogens is 477 g/mol. The number of carbonyl (C=O) groups is 1. The third kappa shape index (κ3) is 5.47. The topological polar surface area (TPSA) is 59.2 Å². The second-order valence-electron chi connectivity index (χ2n) is 7.48. The van der Waals surface area contributed by atoms with Crippen molar-refractivity contribution in [1.82, 2.24) is 9.13 Å². The van der Waals surface area contributed by atoms with Gasteiger partial charge in [-0.2, -0.15) is 0 Å². The number of hydrogen-bond acceptors (Lipinski definition) is 3. The second kappa shape index (κ2) is 10.3. The lowest BCUT2D eigenvalue weighted by atomic mass is 10.1. The van der Waals surface area contributed by atoms with E-state index in [1.54, 1.807) is 28.8 Å². The highest BCUT2D eigenvalue weighted by atomic mass is 35.5. The lowest BCUT2D eigenvalue weighted by Gasteiger charge is -2.10. The second-order valence-corrected chi connectivity index (χ2v) is 8.72. The zero-order valence-electron chi connectivity index (χ0n) is 17.5. The van der Waals surface area contributed by atoms with Crippen LogP contribution in [-0.2, 0) is 24.2 Å². The molecule has 5 nitrogen and oxygen atoms in total. The molecule has 0 radical (unpaired) electrons. The summed E-state index contributed by atoms with van der Waals surface area (Å²) >= 11 is 17.6. The molecule has 0 aliphatic heterocycles. The highest BCUT2D eigenvalue weighted by molar-refractivity contribution is 7.71. The number of para-hydroxylation sites is 1. The van der Waals surface area contributed by atoms with Crippen molar-refractivity contribution in [1.29, 1.82) is 0 Å². The van der Waals surface area contributed by atoms with E-state index in [1.807, 2.05) is 59.2 Å². The summed E-state index contributed by atoms with van der Waals surface area (Å²) in [6, 6.07) is 23.8. The van der Waals surface area contributed by atoms with Gasteiger partial charge < -0.3 is 15.0 Å². The molecule has 0 bridgehead atoms. The van der Waals surface area contributed by atoms with Crippen LogP contribution in [0.25, 0.3) is 5.69 Å². The first-order valence-electron chi connectivity index (χ1n) is 10.3. The lowest BCUT2D eigenvalue weighted by Crippen LogP contribution is -2.17. The van der Waals surface area contributed by atoms with Crippen molar-refractivity contribution in [3.63, 3.8) is 0 Å². The van der Waals surface area contributed by atoms with Crippen molar-refractivity contribution in [2.24, 2.45) is 0 Å². The van der Waals surface area contributed by atoms with Crippen LogP contribution in [0.3, 0.4) is 0 Å². The summed E-state index contributed by atoms with van der Waals surface area (Å²) in [5.74, 6) is -0.318. The predicted octanol–water partition coefficient (Wildman–Crippen LogP) is 6.44. The number of nitrogens with one attached hydrogen (secondary N) is 1. The fourth-order valence-corrected chi connectivity index (χ4v) is 4.22. The van der Waals surface area contributed by atoms with E-state index in [0.717, 1.165) is 11.3 Å². The fourth-order valence-electron chi connectivity index (χ4n) is 3.57. The minimum absolute atomic E-state index is 0.0431. The van der Waals surface area contributed by atoms with Crippen LogP contribution in [0.15, 0.2) is 78.9 Å². The molecule has 0 aliphatic carbocycles. The normalized spacial score (nSPS) is 10.8. The first-order chi connectivity index (χ1) is 15.9. The quantitative estimate of drug-likeness (QED) is 0.288. The van der Waals surface area contributed by atoms with Crippen LogP contribution in [0.5, 0.6) is 5.88 Å². The Morgan fingerprint density at radius 3 is 2.15 bits per heavy atom. The van der Waals surface area contributed by atoms with E-state index in [4.69, 9.17) is 35.4 Å². The van der Waals surface area contributed by atoms with Gasteiger partial charge in [-0.1, -0.05) is 53.5 Å². The zero-order chi connectivity index (χ0) is 23.4. The van der Waals surface area contributed by atoms with Crippen molar-refractivity contribution in [3.05, 3.63) is 105 Å². The van der Waals surface area contributed by atoms with Gasteiger partial charge in [0.2, 0.25) is 11.8 Å². The van der Waals surface area contributed by atoms with Gasteiger partial charge in [0.25, 0.3) is 0 Å². The van der Waals surface area contributed by atoms with Crippen molar-refractivity contribution in [3.8, 4) is 11.6 Å². The number of halogens is 2. The smallest absolute Gasteiger partial charge is 0.230 e. The van der Waals surface area contributed by atoms with Crippen LogP contribution < -0.4 is 5.32 Å².